The van der Waals surface area contributed by atoms with E-state index in [4.69, 9.17) is 0 Å². The van der Waals surface area contributed by atoms with Crippen LogP contribution in [0, 0.1) is 0 Å². The summed E-state index contributed by atoms with van der Waals surface area (Å²) in [6, 6.07) is 8.15. The summed E-state index contributed by atoms with van der Waals surface area (Å²) in [4.78, 5) is 9.29. The molecule has 1 fully saturated rings. The van der Waals surface area contributed by atoms with Crippen LogP contribution in [0.4, 0.5) is 13.2 Å². The predicted molar refractivity (Wildman–Crippen MR) is 113 cm³/mol. The topological polar surface area (TPSA) is 51.8 Å². The Labute approximate surface area is 199 Å². The molecule has 9 heteroatoms. The zero-order valence-corrected chi connectivity index (χ0v) is 19.5. The van der Waals surface area contributed by atoms with Crippen molar-refractivity contribution in [3.8, 4) is 5.75 Å². The van der Waals surface area contributed by atoms with Gasteiger partial charge in [-0.25, -0.2) is 9.98 Å². The quantitative estimate of drug-likeness (QED) is 0.661. The van der Waals surface area contributed by atoms with E-state index in [9.17, 15) is 13.2 Å². The molecule has 0 N–H and O–H groups in total. The van der Waals surface area contributed by atoms with E-state index in [1.54, 1.807) is 22.9 Å². The number of nitrogens with zero attached hydrogens (tertiary/aromatic N) is 4. The molecule has 0 bridgehead atoms. The van der Waals surface area contributed by atoms with E-state index in [0.29, 0.717) is 29.1 Å². The van der Waals surface area contributed by atoms with Gasteiger partial charge in [-0.3, -0.25) is 4.68 Å². The number of hydrogen-bond donors (Lipinski definition) is 0. The Bertz CT molecular complexity index is 1170. The van der Waals surface area contributed by atoms with Crippen LogP contribution in [-0.4, -0.2) is 57.2 Å². The molecule has 2 aliphatic carbocycles. The number of hydrogen-bond acceptors (Lipinski definition) is 4. The van der Waals surface area contributed by atoms with Gasteiger partial charge in [0.05, 0.1) is 17.1 Å². The number of amidine groups is 1. The van der Waals surface area contributed by atoms with Crippen molar-refractivity contribution < 1.29 is 17.9 Å². The van der Waals surface area contributed by atoms with Crippen molar-refractivity contribution in [3.63, 3.8) is 0 Å². The fraction of sp³-hybridized carbons (Fsp3) is 0.318. The smallest absolute Gasteiger partial charge is 0.405 e. The number of benzene rings is 1. The van der Waals surface area contributed by atoms with Crippen LogP contribution in [0.2, 0.25) is 0 Å². The molecule has 2 heterocycles. The maximum atomic E-state index is 12.8. The second kappa shape index (κ2) is 7.76. The van der Waals surface area contributed by atoms with E-state index in [1.807, 2.05) is 19.2 Å². The Morgan fingerprint density at radius 2 is 1.87 bits per heavy atom. The van der Waals surface area contributed by atoms with Crippen LogP contribution in [0.1, 0.15) is 43.1 Å². The number of aromatic nitrogens is 2. The number of ether oxygens (including phenoxy) is 1. The zero-order valence-electron chi connectivity index (χ0n) is 17.5. The normalized spacial score (nSPS) is 18.9. The second-order valence-electron chi connectivity index (χ2n) is 8.03. The van der Waals surface area contributed by atoms with Crippen LogP contribution in [-0.2, 0) is 12.5 Å². The van der Waals surface area contributed by atoms with Gasteiger partial charge in [-0.15, -0.1) is 13.2 Å². The van der Waals surface area contributed by atoms with Crippen molar-refractivity contribution in [1.29, 1.82) is 0 Å². The molecule has 2 aromatic rings. The predicted octanol–water partition coefficient (Wildman–Crippen LogP) is 4.56. The SMILES string of the molecule is Cn1nc(C2(C)CC2)cc1C1=NC2=CC(c3ccccc3OC(F)(F)F)=CCC2=N1.[Na]. The van der Waals surface area contributed by atoms with Crippen molar-refractivity contribution in [2.75, 3.05) is 0 Å². The largest absolute Gasteiger partial charge is 0.573 e. The van der Waals surface area contributed by atoms with Crippen molar-refractivity contribution in [1.82, 2.24) is 9.78 Å². The summed E-state index contributed by atoms with van der Waals surface area (Å²) in [5.74, 6) is 0.348. The van der Waals surface area contributed by atoms with Crippen molar-refractivity contribution in [2.45, 2.75) is 38.0 Å². The summed E-state index contributed by atoms with van der Waals surface area (Å²) >= 11 is 0. The Morgan fingerprint density at radius 1 is 1.13 bits per heavy atom. The van der Waals surface area contributed by atoms with Gasteiger partial charge in [0.2, 0.25) is 0 Å². The van der Waals surface area contributed by atoms with Gasteiger partial charge in [-0.2, -0.15) is 5.10 Å². The average molecular weight is 435 g/mol. The standard InChI is InChI=1S/C22H19F3N4O.Na/c1-21(9-10-21)19-12-17(29(2)28-19)20-26-15-8-7-13(11-16(15)27-20)14-5-3-4-6-18(14)30-22(23,24)25;/h3-7,11-12H,8-10H2,1-2H3;. The van der Waals surface area contributed by atoms with E-state index in [1.165, 1.54) is 12.1 Å². The van der Waals surface area contributed by atoms with Crippen molar-refractivity contribution >= 4 is 46.7 Å². The minimum atomic E-state index is -4.75. The minimum absolute atomic E-state index is 0. The van der Waals surface area contributed by atoms with Crippen molar-refractivity contribution in [3.05, 3.63) is 65.1 Å². The van der Waals surface area contributed by atoms with E-state index in [2.05, 4.69) is 26.7 Å². The molecule has 5 rings (SSSR count). The first-order chi connectivity index (χ1) is 14.2. The van der Waals surface area contributed by atoms with Gasteiger partial charge in [0.1, 0.15) is 11.4 Å². The molecule has 0 amide bonds. The Morgan fingerprint density at radius 3 is 2.58 bits per heavy atom. The summed E-state index contributed by atoms with van der Waals surface area (Å²) in [5.41, 5.74) is 4.48. The number of aliphatic imine (C=N–C) groups is 2. The maximum Gasteiger partial charge on any atom is 0.573 e. The fourth-order valence-corrected chi connectivity index (χ4v) is 3.70. The number of fused-ring (bicyclic) bond motifs is 1. The fourth-order valence-electron chi connectivity index (χ4n) is 3.70. The molecular weight excluding hydrogens is 416 g/mol. The molecule has 1 aromatic carbocycles. The summed E-state index contributed by atoms with van der Waals surface area (Å²) in [7, 11) is 1.87. The van der Waals surface area contributed by atoms with Gasteiger partial charge >= 0.3 is 6.36 Å². The Kier molecular flexibility index (Phi) is 5.52. The molecule has 1 aromatic heterocycles. The molecule has 0 spiro atoms. The molecule has 155 valence electrons. The first-order valence-electron chi connectivity index (χ1n) is 9.70. The van der Waals surface area contributed by atoms with E-state index in [0.717, 1.165) is 29.9 Å². The average Bonchev–Trinajstić information content (AvgIpc) is 3.11. The molecule has 5 nitrogen and oxygen atoms in total. The zero-order chi connectivity index (χ0) is 21.1. The number of para-hydroxylation sites is 1. The van der Waals surface area contributed by atoms with Crippen LogP contribution < -0.4 is 4.74 Å². The molecule has 1 saturated carbocycles. The molecule has 0 atom stereocenters. The number of halogens is 3. The van der Waals surface area contributed by atoms with Gasteiger partial charge < -0.3 is 4.74 Å². The summed E-state index contributed by atoms with van der Waals surface area (Å²) < 4.78 is 44.3. The summed E-state index contributed by atoms with van der Waals surface area (Å²) in [6.07, 6.45) is 1.59. The van der Waals surface area contributed by atoms with Gasteiger partial charge in [0, 0.05) is 54.0 Å². The first kappa shape index (κ1) is 22.0. The van der Waals surface area contributed by atoms with Gasteiger partial charge in [0.25, 0.3) is 0 Å². The van der Waals surface area contributed by atoms with Crippen LogP contribution in [0.15, 0.2) is 58.2 Å². The van der Waals surface area contributed by atoms with E-state index >= 15 is 0 Å². The third kappa shape index (κ3) is 4.29. The molecular formula is C22H19F3N4NaO. The molecule has 0 unspecified atom stereocenters. The minimum Gasteiger partial charge on any atom is -0.405 e. The maximum absolute atomic E-state index is 12.8. The van der Waals surface area contributed by atoms with Crippen LogP contribution in [0.3, 0.4) is 0 Å². The molecule has 1 aliphatic heterocycles. The summed E-state index contributed by atoms with van der Waals surface area (Å²) in [5, 5.41) is 4.63. The Hall–Kier alpha value is -2.16. The van der Waals surface area contributed by atoms with Crippen molar-refractivity contribution in [2.24, 2.45) is 17.0 Å². The number of allylic oxidation sites excluding steroid dienone is 4. The number of alkyl halides is 3. The van der Waals surface area contributed by atoms with E-state index < -0.39 is 6.36 Å². The van der Waals surface area contributed by atoms with E-state index in [-0.39, 0.29) is 40.7 Å². The number of rotatable bonds is 4. The van der Waals surface area contributed by atoms with Gasteiger partial charge in [-0.1, -0.05) is 31.2 Å². The molecule has 31 heavy (non-hydrogen) atoms. The molecule has 0 saturated heterocycles. The monoisotopic (exact) mass is 435 g/mol. The van der Waals surface area contributed by atoms with Crippen LogP contribution in [0.5, 0.6) is 5.75 Å². The Balaban J connectivity index is 0.00000231. The van der Waals surface area contributed by atoms with Gasteiger partial charge in [-0.05, 0) is 36.6 Å². The first-order valence-corrected chi connectivity index (χ1v) is 9.70. The molecule has 1 radical (unpaired) electrons. The second-order valence-corrected chi connectivity index (χ2v) is 8.03. The number of aryl methyl sites for hydroxylation is 1. The summed E-state index contributed by atoms with van der Waals surface area (Å²) in [6.45, 7) is 2.19. The third-order valence-corrected chi connectivity index (χ3v) is 5.72. The van der Waals surface area contributed by atoms with Gasteiger partial charge in [0.15, 0.2) is 5.84 Å². The third-order valence-electron chi connectivity index (χ3n) is 5.72. The van der Waals surface area contributed by atoms with Crippen LogP contribution >= 0.6 is 0 Å². The molecule has 3 aliphatic rings. The van der Waals surface area contributed by atoms with Crippen LogP contribution in [0.25, 0.3) is 5.57 Å².